The summed E-state index contributed by atoms with van der Waals surface area (Å²) in [6, 6.07) is 1.54. The van der Waals surface area contributed by atoms with Gasteiger partial charge >= 0.3 is 6.18 Å². The number of halogens is 5. The number of fused-ring (bicyclic) bond motifs is 1. The molecule has 37 heavy (non-hydrogen) atoms. The van der Waals surface area contributed by atoms with E-state index in [9.17, 15) is 32.3 Å². The molecule has 3 aromatic heterocycles. The van der Waals surface area contributed by atoms with Crippen molar-refractivity contribution in [3.05, 3.63) is 35.2 Å². The Kier molecular flexibility index (Phi) is 6.62. The maximum Gasteiger partial charge on any atom is 0.426 e. The first kappa shape index (κ1) is 26.3. The molecule has 16 heteroatoms. The summed E-state index contributed by atoms with van der Waals surface area (Å²) >= 11 is 6.26. The highest BCUT2D eigenvalue weighted by Gasteiger charge is 2.58. The molecule has 0 unspecified atom stereocenters. The Morgan fingerprint density at radius 1 is 1.27 bits per heavy atom. The Bertz CT molecular complexity index is 1380. The Morgan fingerprint density at radius 2 is 1.97 bits per heavy atom. The number of rotatable bonds is 5. The van der Waals surface area contributed by atoms with Crippen molar-refractivity contribution in [2.24, 2.45) is 0 Å². The first-order valence-electron chi connectivity index (χ1n) is 10.6. The summed E-state index contributed by atoms with van der Waals surface area (Å²) in [5.74, 6) is -2.59. The Labute approximate surface area is 211 Å². The summed E-state index contributed by atoms with van der Waals surface area (Å²) in [6.45, 7) is -1.06. The topological polar surface area (TPSA) is 148 Å². The highest BCUT2D eigenvalue weighted by Crippen LogP contribution is 2.34. The number of hydrogen-bond donors (Lipinski definition) is 3. The molecule has 11 nitrogen and oxygen atoms in total. The number of alkyl halides is 4. The lowest BCUT2D eigenvalue weighted by Gasteiger charge is -2.29. The van der Waals surface area contributed by atoms with Crippen molar-refractivity contribution in [1.82, 2.24) is 29.8 Å². The number of nitrogens with two attached hydrogens (primary N) is 1. The van der Waals surface area contributed by atoms with Crippen molar-refractivity contribution in [2.75, 3.05) is 25.9 Å². The first-order chi connectivity index (χ1) is 17.3. The van der Waals surface area contributed by atoms with Crippen LogP contribution in [-0.4, -0.2) is 85.6 Å². The number of nitrogen functional groups attached to an aromatic ring is 1. The van der Waals surface area contributed by atoms with Gasteiger partial charge < -0.3 is 25.8 Å². The van der Waals surface area contributed by atoms with Gasteiger partial charge in [0.05, 0.1) is 30.4 Å². The van der Waals surface area contributed by atoms with Crippen LogP contribution in [0.1, 0.15) is 17.3 Å². The van der Waals surface area contributed by atoms with Crippen molar-refractivity contribution < 1.29 is 37.0 Å². The predicted molar refractivity (Wildman–Crippen MR) is 122 cm³/mol. The van der Waals surface area contributed by atoms with Crippen LogP contribution in [0.3, 0.4) is 0 Å². The van der Waals surface area contributed by atoms with Crippen LogP contribution in [0.15, 0.2) is 24.7 Å². The van der Waals surface area contributed by atoms with E-state index in [-0.39, 0.29) is 29.2 Å². The van der Waals surface area contributed by atoms with Gasteiger partial charge in [-0.1, -0.05) is 11.6 Å². The van der Waals surface area contributed by atoms with Crippen LogP contribution in [0.4, 0.5) is 23.4 Å². The molecule has 1 aliphatic rings. The van der Waals surface area contributed by atoms with Crippen molar-refractivity contribution in [3.8, 4) is 17.1 Å². The van der Waals surface area contributed by atoms with Crippen molar-refractivity contribution in [2.45, 2.75) is 30.9 Å². The zero-order chi connectivity index (χ0) is 27.3. The number of aliphatic hydroxyl groups is 1. The summed E-state index contributed by atoms with van der Waals surface area (Å²) in [5, 5.41) is 16.3. The Morgan fingerprint density at radius 3 is 2.62 bits per heavy atom. The standard InChI is InChI=1S/C21H20ClF4N7O4/c1-20(36,21(24,25)26)19(35)32-6-12(23)13(7-32)31-17(34)10-3-9(5-28-18(10)37-2)14-4-11(22)15-16(27)29-8-30-33(14)15/h3-5,8,12-13,36H,6-7H2,1-2H3,(H,31,34)(H2,27,29,30)/t12-,13+,20+/m0/s1. The van der Waals surface area contributed by atoms with Gasteiger partial charge in [-0.05, 0) is 19.1 Å². The van der Waals surface area contributed by atoms with Gasteiger partial charge in [0.25, 0.3) is 11.8 Å². The van der Waals surface area contributed by atoms with Crippen LogP contribution >= 0.6 is 11.6 Å². The van der Waals surface area contributed by atoms with E-state index in [4.69, 9.17) is 22.1 Å². The number of hydrogen-bond acceptors (Lipinski definition) is 8. The molecule has 4 rings (SSSR count). The second-order valence-corrected chi connectivity index (χ2v) is 8.85. The molecule has 0 aliphatic carbocycles. The lowest BCUT2D eigenvalue weighted by atomic mass is 10.1. The molecule has 2 amide bonds. The summed E-state index contributed by atoms with van der Waals surface area (Å²) in [6.07, 6.45) is -4.58. The molecule has 1 fully saturated rings. The molecule has 1 saturated heterocycles. The fraction of sp³-hybridized carbons (Fsp3) is 0.381. The second-order valence-electron chi connectivity index (χ2n) is 8.44. The molecule has 3 aromatic rings. The van der Waals surface area contributed by atoms with E-state index in [2.05, 4.69) is 20.4 Å². The number of aromatic nitrogens is 4. The summed E-state index contributed by atoms with van der Waals surface area (Å²) in [4.78, 5) is 33.8. The summed E-state index contributed by atoms with van der Waals surface area (Å²) in [5.41, 5.74) is 3.10. The quantitative estimate of drug-likeness (QED) is 0.410. The minimum Gasteiger partial charge on any atom is -0.480 e. The maximum atomic E-state index is 14.6. The number of pyridine rings is 1. The van der Waals surface area contributed by atoms with Gasteiger partial charge in [0.1, 0.15) is 23.6 Å². The van der Waals surface area contributed by atoms with Gasteiger partial charge in [-0.2, -0.15) is 18.3 Å². The van der Waals surface area contributed by atoms with E-state index in [1.807, 2.05) is 0 Å². The van der Waals surface area contributed by atoms with E-state index >= 15 is 0 Å². The normalized spacial score (nSPS) is 19.6. The van der Waals surface area contributed by atoms with Gasteiger partial charge in [0.2, 0.25) is 11.5 Å². The van der Waals surface area contributed by atoms with Gasteiger partial charge in [0, 0.05) is 18.3 Å². The molecule has 1 aliphatic heterocycles. The average Bonchev–Trinajstić information content (AvgIpc) is 3.37. The number of ether oxygens (including phenoxy) is 1. The van der Waals surface area contributed by atoms with Crippen LogP contribution in [-0.2, 0) is 4.79 Å². The van der Waals surface area contributed by atoms with Crippen LogP contribution in [0.5, 0.6) is 5.88 Å². The molecule has 4 N–H and O–H groups in total. The minimum absolute atomic E-state index is 0.115. The largest absolute Gasteiger partial charge is 0.480 e. The van der Waals surface area contributed by atoms with Crippen LogP contribution < -0.4 is 15.8 Å². The third-order valence-electron chi connectivity index (χ3n) is 5.94. The third kappa shape index (κ3) is 4.59. The summed E-state index contributed by atoms with van der Waals surface area (Å²) < 4.78 is 60.3. The van der Waals surface area contributed by atoms with E-state index in [0.717, 1.165) is 0 Å². The van der Waals surface area contributed by atoms with Crippen LogP contribution in [0.25, 0.3) is 16.8 Å². The molecule has 198 valence electrons. The Balaban J connectivity index is 1.60. The number of carbonyl (C=O) groups excluding carboxylic acids is 2. The Hall–Kier alpha value is -3.72. The fourth-order valence-corrected chi connectivity index (χ4v) is 4.17. The number of nitrogens with one attached hydrogen (secondary N) is 1. The molecule has 3 atom stereocenters. The van der Waals surface area contributed by atoms with Crippen molar-refractivity contribution in [3.63, 3.8) is 0 Å². The lowest BCUT2D eigenvalue weighted by Crippen LogP contribution is -2.56. The molecule has 4 heterocycles. The average molecular weight is 546 g/mol. The second kappa shape index (κ2) is 9.30. The molecular weight excluding hydrogens is 526 g/mol. The van der Waals surface area contributed by atoms with E-state index in [0.29, 0.717) is 21.7 Å². The van der Waals surface area contributed by atoms with Gasteiger partial charge in [-0.3, -0.25) is 9.59 Å². The van der Waals surface area contributed by atoms with E-state index in [1.165, 1.54) is 36.3 Å². The van der Waals surface area contributed by atoms with Crippen molar-refractivity contribution >= 4 is 34.7 Å². The molecule has 0 aromatic carbocycles. The fourth-order valence-electron chi connectivity index (χ4n) is 3.89. The number of carbonyl (C=O) groups is 2. The summed E-state index contributed by atoms with van der Waals surface area (Å²) in [7, 11) is 1.25. The lowest BCUT2D eigenvalue weighted by molar-refractivity contribution is -0.249. The van der Waals surface area contributed by atoms with Crippen molar-refractivity contribution in [1.29, 1.82) is 0 Å². The molecule has 0 spiro atoms. The highest BCUT2D eigenvalue weighted by atomic mass is 35.5. The molecule has 0 radical (unpaired) electrons. The zero-order valence-corrected chi connectivity index (χ0v) is 20.0. The van der Waals surface area contributed by atoms with Gasteiger partial charge in [0.15, 0.2) is 5.82 Å². The monoisotopic (exact) mass is 545 g/mol. The molecule has 0 saturated carbocycles. The minimum atomic E-state index is -5.27. The number of anilines is 1. The SMILES string of the molecule is COc1ncc(-c2cc(Cl)c3c(N)ncnn23)cc1C(=O)N[C@@H]1CN(C(=O)[C@@](C)(O)C(F)(F)F)C[C@@H]1F. The zero-order valence-electron chi connectivity index (χ0n) is 19.3. The van der Waals surface area contributed by atoms with Gasteiger partial charge in [-0.15, -0.1) is 0 Å². The predicted octanol–water partition coefficient (Wildman–Crippen LogP) is 1.63. The highest BCUT2D eigenvalue weighted by molar-refractivity contribution is 6.35. The van der Waals surface area contributed by atoms with Gasteiger partial charge in [-0.25, -0.2) is 18.9 Å². The van der Waals surface area contributed by atoms with E-state index in [1.54, 1.807) is 0 Å². The number of amides is 2. The van der Waals surface area contributed by atoms with E-state index < -0.39 is 48.9 Å². The van der Waals surface area contributed by atoms with Crippen LogP contribution in [0, 0.1) is 0 Å². The number of methoxy groups -OCH3 is 1. The first-order valence-corrected chi connectivity index (χ1v) is 11.0. The number of nitrogens with zero attached hydrogens (tertiary/aromatic N) is 5. The smallest absolute Gasteiger partial charge is 0.426 e. The maximum absolute atomic E-state index is 14.6. The third-order valence-corrected chi connectivity index (χ3v) is 6.23. The molecule has 0 bridgehead atoms. The molecular formula is C21H20ClF4N7O4. The van der Waals surface area contributed by atoms with Crippen LogP contribution in [0.2, 0.25) is 5.02 Å². The number of likely N-dealkylation sites (tertiary alicyclic amines) is 1.